The average Bonchev–Trinajstić information content (AvgIpc) is 3.75. The van der Waals surface area contributed by atoms with Gasteiger partial charge in [0.15, 0.2) is 22.7 Å². The van der Waals surface area contributed by atoms with Gasteiger partial charge >= 0.3 is 0 Å². The van der Waals surface area contributed by atoms with Gasteiger partial charge in [-0.3, -0.25) is 0 Å². The van der Waals surface area contributed by atoms with Gasteiger partial charge in [0.2, 0.25) is 0 Å². The summed E-state index contributed by atoms with van der Waals surface area (Å²) in [6.07, 6.45) is 0. The Balaban J connectivity index is 1.46. The molecule has 0 radical (unpaired) electrons. The van der Waals surface area contributed by atoms with Crippen molar-refractivity contribution in [3.8, 4) is 0 Å². The Hall–Kier alpha value is -5.04. The number of halogens is 2. The van der Waals surface area contributed by atoms with E-state index in [0.29, 0.717) is 11.7 Å². The number of nitrogens with zero attached hydrogens (tertiary/aromatic N) is 4. The first kappa shape index (κ1) is 30.3. The van der Waals surface area contributed by atoms with Crippen LogP contribution in [0.4, 0.5) is 0 Å². The van der Waals surface area contributed by atoms with Gasteiger partial charge in [0.1, 0.15) is 0 Å². The largest absolute Gasteiger partial charge is 0.240 e. The molecule has 2 heterocycles. The fraction of sp³-hybridized carbons (Fsp3) is 0.0476. The van der Waals surface area contributed by atoms with Crippen LogP contribution < -0.4 is 0 Å². The van der Waals surface area contributed by atoms with Crippen LogP contribution in [-0.4, -0.2) is 23.1 Å². The summed E-state index contributed by atoms with van der Waals surface area (Å²) in [5.41, 5.74) is 5.62. The summed E-state index contributed by atoms with van der Waals surface area (Å²) in [4.78, 5) is 22.0. The summed E-state index contributed by atoms with van der Waals surface area (Å²) in [6, 6.07) is 57.8. The normalized spacial score (nSPS) is 20.1. The van der Waals surface area contributed by atoms with Crippen molar-refractivity contribution in [3.63, 3.8) is 0 Å². The lowest BCUT2D eigenvalue weighted by molar-refractivity contribution is 0.740. The summed E-state index contributed by atoms with van der Waals surface area (Å²) in [7, 11) is 0. The third kappa shape index (κ3) is 4.95. The Morgan fingerprint density at radius 2 is 0.667 bits per heavy atom. The lowest BCUT2D eigenvalue weighted by Gasteiger charge is -2.30. The number of hydrogen-bond donors (Lipinski definition) is 0. The number of benzene rings is 6. The zero-order chi connectivity index (χ0) is 32.6. The summed E-state index contributed by atoms with van der Waals surface area (Å²) >= 11 is 7.76. The van der Waals surface area contributed by atoms with E-state index in [0.717, 1.165) is 53.7 Å². The zero-order valence-corrected chi connectivity index (χ0v) is 28.9. The van der Waals surface area contributed by atoms with Gasteiger partial charge in [-0.25, -0.2) is 20.0 Å². The van der Waals surface area contributed by atoms with Crippen LogP contribution in [0.25, 0.3) is 0 Å². The molecule has 230 valence electrons. The van der Waals surface area contributed by atoms with Gasteiger partial charge in [0, 0.05) is 20.1 Å². The van der Waals surface area contributed by atoms with Gasteiger partial charge in [-0.1, -0.05) is 190 Å². The van der Waals surface area contributed by atoms with E-state index in [9.17, 15) is 0 Å². The molecule has 0 saturated heterocycles. The predicted molar refractivity (Wildman–Crippen MR) is 204 cm³/mol. The summed E-state index contributed by atoms with van der Waals surface area (Å²) < 4.78 is 1.88. The SMILES string of the molecule is Brc1ccccc1C1(c2ccccc2)N=C(C2=NC(c3ccccc3)(c3ccccc3Br)C(c3ccccc3)=N2)N=C1c1ccccc1. The molecule has 0 N–H and O–H groups in total. The highest BCUT2D eigenvalue weighted by atomic mass is 79.9. The topological polar surface area (TPSA) is 49.4 Å². The lowest BCUT2D eigenvalue weighted by Crippen LogP contribution is -2.34. The Kier molecular flexibility index (Phi) is 7.91. The minimum absolute atomic E-state index is 0.478. The molecule has 0 aliphatic carbocycles. The van der Waals surface area contributed by atoms with Crippen molar-refractivity contribution in [1.82, 2.24) is 0 Å². The summed E-state index contributed by atoms with van der Waals surface area (Å²) in [5, 5.41) is 0. The molecule has 0 fully saturated rings. The maximum atomic E-state index is 5.60. The van der Waals surface area contributed by atoms with Crippen LogP contribution in [0.3, 0.4) is 0 Å². The maximum Gasteiger partial charge on any atom is 0.194 e. The van der Waals surface area contributed by atoms with Crippen molar-refractivity contribution in [2.24, 2.45) is 20.0 Å². The third-order valence-corrected chi connectivity index (χ3v) is 10.3. The third-order valence-electron chi connectivity index (χ3n) is 8.87. The van der Waals surface area contributed by atoms with Gasteiger partial charge in [-0.05, 0) is 34.4 Å². The quantitative estimate of drug-likeness (QED) is 0.156. The number of rotatable bonds is 7. The van der Waals surface area contributed by atoms with Crippen molar-refractivity contribution in [3.05, 3.63) is 212 Å². The second-order valence-corrected chi connectivity index (χ2v) is 13.3. The van der Waals surface area contributed by atoms with Crippen LogP contribution in [0.1, 0.15) is 33.4 Å². The molecule has 2 aliphatic heterocycles. The van der Waals surface area contributed by atoms with Crippen LogP contribution in [-0.2, 0) is 11.1 Å². The maximum absolute atomic E-state index is 5.60. The first-order chi connectivity index (χ1) is 23.6. The predicted octanol–water partition coefficient (Wildman–Crippen LogP) is 10.2. The van der Waals surface area contributed by atoms with Crippen LogP contribution in [0.15, 0.2) is 199 Å². The standard InChI is InChI=1S/C42H28Br2N4/c43-35-27-15-13-25-33(35)41(31-21-9-3-10-22-31)37(29-17-5-1-6-18-29)45-39(47-41)40-46-38(30-19-7-2-8-20-30)42(48-40,32-23-11-4-12-24-32)34-26-14-16-28-36(34)44/h1-28H. The molecule has 0 aromatic heterocycles. The van der Waals surface area contributed by atoms with E-state index in [-0.39, 0.29) is 0 Å². The minimum atomic E-state index is -0.964. The first-order valence-electron chi connectivity index (χ1n) is 15.7. The van der Waals surface area contributed by atoms with Crippen LogP contribution in [0.2, 0.25) is 0 Å². The van der Waals surface area contributed by atoms with Crippen LogP contribution >= 0.6 is 31.9 Å². The second-order valence-electron chi connectivity index (χ2n) is 11.6. The molecule has 2 atom stereocenters. The molecule has 6 heteroatoms. The molecule has 2 aliphatic rings. The first-order valence-corrected chi connectivity index (χ1v) is 17.3. The number of amidine groups is 2. The Morgan fingerprint density at radius 1 is 0.354 bits per heavy atom. The monoisotopic (exact) mass is 746 g/mol. The van der Waals surface area contributed by atoms with Crippen molar-refractivity contribution in [1.29, 1.82) is 0 Å². The van der Waals surface area contributed by atoms with Gasteiger partial charge in [0.25, 0.3) is 0 Å². The molecular weight excluding hydrogens is 720 g/mol. The fourth-order valence-corrected chi connectivity index (χ4v) is 7.89. The Morgan fingerprint density at radius 3 is 1.02 bits per heavy atom. The Bertz CT molecular complexity index is 2090. The van der Waals surface area contributed by atoms with E-state index in [1.54, 1.807) is 0 Å². The van der Waals surface area contributed by atoms with E-state index in [2.05, 4.69) is 129 Å². The van der Waals surface area contributed by atoms with Gasteiger partial charge in [0.05, 0.1) is 11.4 Å². The van der Waals surface area contributed by atoms with Crippen molar-refractivity contribution < 1.29 is 0 Å². The molecule has 48 heavy (non-hydrogen) atoms. The van der Waals surface area contributed by atoms with E-state index in [1.807, 2.05) is 72.8 Å². The highest BCUT2D eigenvalue weighted by molar-refractivity contribution is 9.10. The lowest BCUT2D eigenvalue weighted by atomic mass is 9.77. The van der Waals surface area contributed by atoms with Gasteiger partial charge < -0.3 is 0 Å². The van der Waals surface area contributed by atoms with E-state index < -0.39 is 11.1 Å². The summed E-state index contributed by atoms with van der Waals surface area (Å²) in [6.45, 7) is 0. The van der Waals surface area contributed by atoms with E-state index >= 15 is 0 Å². The van der Waals surface area contributed by atoms with Crippen molar-refractivity contribution in [2.45, 2.75) is 11.1 Å². The number of hydrogen-bond acceptors (Lipinski definition) is 4. The average molecular weight is 749 g/mol. The highest BCUT2D eigenvalue weighted by Gasteiger charge is 2.50. The van der Waals surface area contributed by atoms with Gasteiger partial charge in [-0.15, -0.1) is 0 Å². The fourth-order valence-electron chi connectivity index (χ4n) is 6.74. The van der Waals surface area contributed by atoms with E-state index in [1.165, 1.54) is 0 Å². The molecule has 0 amide bonds. The molecule has 4 nitrogen and oxygen atoms in total. The molecule has 0 spiro atoms. The molecule has 6 aromatic rings. The molecule has 6 aromatic carbocycles. The second kappa shape index (κ2) is 12.5. The molecule has 0 bridgehead atoms. The molecule has 0 saturated carbocycles. The van der Waals surface area contributed by atoms with Crippen LogP contribution in [0.5, 0.6) is 0 Å². The van der Waals surface area contributed by atoms with Crippen molar-refractivity contribution in [2.75, 3.05) is 0 Å². The van der Waals surface area contributed by atoms with Crippen LogP contribution in [0, 0.1) is 0 Å². The number of aliphatic imine (C=N–C) groups is 4. The minimum Gasteiger partial charge on any atom is -0.240 e. The van der Waals surface area contributed by atoms with E-state index in [4.69, 9.17) is 20.0 Å². The summed E-state index contributed by atoms with van der Waals surface area (Å²) in [5.74, 6) is 0.957. The smallest absolute Gasteiger partial charge is 0.194 e. The highest BCUT2D eigenvalue weighted by Crippen LogP contribution is 2.47. The molecule has 2 unspecified atom stereocenters. The molecular formula is C42H28Br2N4. The van der Waals surface area contributed by atoms with Gasteiger partial charge in [-0.2, -0.15) is 0 Å². The Labute approximate surface area is 296 Å². The zero-order valence-electron chi connectivity index (χ0n) is 25.7. The van der Waals surface area contributed by atoms with Crippen molar-refractivity contribution >= 4 is 55.0 Å². The molecule has 8 rings (SSSR count).